The number of ether oxygens (including phenoxy) is 1. The van der Waals surface area contributed by atoms with Gasteiger partial charge in [0, 0.05) is 17.3 Å². The molecule has 0 aliphatic rings. The summed E-state index contributed by atoms with van der Waals surface area (Å²) in [5, 5.41) is 0. The Morgan fingerprint density at radius 1 is 1.28 bits per heavy atom. The maximum atomic E-state index is 5.91. The second kappa shape index (κ2) is 4.95. The minimum atomic E-state index is 0.472. The van der Waals surface area contributed by atoms with E-state index in [0.29, 0.717) is 23.2 Å². The molecule has 0 saturated carbocycles. The quantitative estimate of drug-likeness (QED) is 0.879. The van der Waals surface area contributed by atoms with Gasteiger partial charge in [-0.25, -0.2) is 19.9 Å². The summed E-state index contributed by atoms with van der Waals surface area (Å²) in [5.74, 6) is 1.46. The van der Waals surface area contributed by atoms with E-state index >= 15 is 0 Å². The first kappa shape index (κ1) is 12.2. The normalized spacial score (nSPS) is 10.4. The Bertz CT molecular complexity index is 547. The fraction of sp³-hybridized carbons (Fsp3) is 0.333. The molecule has 6 nitrogen and oxygen atoms in total. The topological polar surface area (TPSA) is 86.8 Å². The van der Waals surface area contributed by atoms with Crippen LogP contribution in [0.3, 0.4) is 0 Å². The van der Waals surface area contributed by atoms with E-state index in [1.54, 1.807) is 13.2 Å². The number of nitrogens with zero attached hydrogens (tertiary/aromatic N) is 4. The highest BCUT2D eigenvalue weighted by Crippen LogP contribution is 2.20. The SMILES string of the molecule is CCc1c(C)nc(-c2cc(OC)ncn2)nc1N. The average molecular weight is 245 g/mol. The Balaban J connectivity index is 2.51. The van der Waals surface area contributed by atoms with Crippen LogP contribution in [-0.4, -0.2) is 27.0 Å². The number of hydrogen-bond donors (Lipinski definition) is 1. The van der Waals surface area contributed by atoms with E-state index in [0.717, 1.165) is 17.7 Å². The summed E-state index contributed by atoms with van der Waals surface area (Å²) in [7, 11) is 1.55. The third-order valence-electron chi connectivity index (χ3n) is 2.68. The van der Waals surface area contributed by atoms with Gasteiger partial charge in [0.05, 0.1) is 7.11 Å². The molecule has 0 unspecified atom stereocenters. The molecule has 2 N–H and O–H groups in total. The third kappa shape index (κ3) is 2.22. The van der Waals surface area contributed by atoms with Gasteiger partial charge in [0.1, 0.15) is 17.8 Å². The molecule has 0 saturated heterocycles. The largest absolute Gasteiger partial charge is 0.481 e. The van der Waals surface area contributed by atoms with E-state index < -0.39 is 0 Å². The molecule has 0 amide bonds. The number of anilines is 1. The first-order chi connectivity index (χ1) is 8.65. The molecule has 2 aromatic rings. The van der Waals surface area contributed by atoms with Crippen LogP contribution in [0, 0.1) is 6.92 Å². The molecule has 2 aromatic heterocycles. The van der Waals surface area contributed by atoms with Gasteiger partial charge in [-0.3, -0.25) is 0 Å². The van der Waals surface area contributed by atoms with Gasteiger partial charge >= 0.3 is 0 Å². The zero-order valence-corrected chi connectivity index (χ0v) is 10.6. The molecule has 6 heteroatoms. The van der Waals surface area contributed by atoms with Crippen LogP contribution in [0.1, 0.15) is 18.2 Å². The number of nitrogen functional groups attached to an aromatic ring is 1. The number of aromatic nitrogens is 4. The van der Waals surface area contributed by atoms with E-state index in [-0.39, 0.29) is 0 Å². The molecule has 0 aromatic carbocycles. The van der Waals surface area contributed by atoms with Gasteiger partial charge in [-0.05, 0) is 13.3 Å². The third-order valence-corrected chi connectivity index (χ3v) is 2.68. The first-order valence-corrected chi connectivity index (χ1v) is 5.65. The average Bonchev–Trinajstić information content (AvgIpc) is 2.38. The van der Waals surface area contributed by atoms with Crippen molar-refractivity contribution in [1.82, 2.24) is 19.9 Å². The zero-order chi connectivity index (χ0) is 13.1. The summed E-state index contributed by atoms with van der Waals surface area (Å²) >= 11 is 0. The van der Waals surface area contributed by atoms with Crippen LogP contribution >= 0.6 is 0 Å². The van der Waals surface area contributed by atoms with E-state index in [9.17, 15) is 0 Å². The lowest BCUT2D eigenvalue weighted by Gasteiger charge is -2.08. The lowest BCUT2D eigenvalue weighted by Crippen LogP contribution is -2.05. The molecule has 0 bridgehead atoms. The fourth-order valence-corrected chi connectivity index (χ4v) is 1.74. The van der Waals surface area contributed by atoms with Crippen LogP contribution in [0.25, 0.3) is 11.5 Å². The lowest BCUT2D eigenvalue weighted by molar-refractivity contribution is 0.397. The Hall–Kier alpha value is -2.24. The Morgan fingerprint density at radius 3 is 2.67 bits per heavy atom. The molecule has 0 fully saturated rings. The minimum Gasteiger partial charge on any atom is -0.481 e. The number of aryl methyl sites for hydroxylation is 1. The van der Waals surface area contributed by atoms with E-state index in [2.05, 4.69) is 19.9 Å². The van der Waals surface area contributed by atoms with Crippen molar-refractivity contribution in [1.29, 1.82) is 0 Å². The molecule has 2 heterocycles. The number of hydrogen-bond acceptors (Lipinski definition) is 6. The van der Waals surface area contributed by atoms with E-state index in [1.165, 1.54) is 6.33 Å². The van der Waals surface area contributed by atoms with Crippen molar-refractivity contribution in [3.63, 3.8) is 0 Å². The molecule has 0 aliphatic heterocycles. The van der Waals surface area contributed by atoms with Crippen LogP contribution < -0.4 is 10.5 Å². The summed E-state index contributed by atoms with van der Waals surface area (Å²) in [6.07, 6.45) is 2.22. The maximum Gasteiger partial charge on any atom is 0.216 e. The summed E-state index contributed by atoms with van der Waals surface area (Å²) in [6, 6.07) is 1.68. The van der Waals surface area contributed by atoms with Crippen molar-refractivity contribution >= 4 is 5.82 Å². The van der Waals surface area contributed by atoms with Gasteiger partial charge in [0.15, 0.2) is 5.82 Å². The first-order valence-electron chi connectivity index (χ1n) is 5.65. The van der Waals surface area contributed by atoms with Crippen LogP contribution in [0.2, 0.25) is 0 Å². The monoisotopic (exact) mass is 245 g/mol. The van der Waals surface area contributed by atoms with E-state index in [1.807, 2.05) is 13.8 Å². The Labute approximate surface area is 105 Å². The molecule has 0 aliphatic carbocycles. The van der Waals surface area contributed by atoms with Crippen LogP contribution in [0.15, 0.2) is 12.4 Å². The van der Waals surface area contributed by atoms with Gasteiger partial charge in [-0.1, -0.05) is 6.92 Å². The molecule has 0 radical (unpaired) electrons. The lowest BCUT2D eigenvalue weighted by atomic mass is 10.1. The highest BCUT2D eigenvalue weighted by Gasteiger charge is 2.11. The Kier molecular flexibility index (Phi) is 3.36. The minimum absolute atomic E-state index is 0.472. The molecule has 18 heavy (non-hydrogen) atoms. The highest BCUT2D eigenvalue weighted by atomic mass is 16.5. The van der Waals surface area contributed by atoms with Gasteiger partial charge in [0.2, 0.25) is 5.88 Å². The molecule has 2 rings (SSSR count). The Morgan fingerprint density at radius 2 is 2.06 bits per heavy atom. The molecular weight excluding hydrogens is 230 g/mol. The smallest absolute Gasteiger partial charge is 0.216 e. The van der Waals surface area contributed by atoms with Crippen LogP contribution in [-0.2, 0) is 6.42 Å². The second-order valence-electron chi connectivity index (χ2n) is 3.80. The number of methoxy groups -OCH3 is 1. The van der Waals surface area contributed by atoms with E-state index in [4.69, 9.17) is 10.5 Å². The number of rotatable bonds is 3. The molecule has 0 spiro atoms. The standard InChI is InChI=1S/C12H15N5O/c1-4-8-7(2)16-12(17-11(8)13)9-5-10(18-3)15-6-14-9/h5-6H,4H2,1-3H3,(H2,13,16,17). The second-order valence-corrected chi connectivity index (χ2v) is 3.80. The van der Waals surface area contributed by atoms with Gasteiger partial charge in [-0.2, -0.15) is 0 Å². The summed E-state index contributed by atoms with van der Waals surface area (Å²) < 4.78 is 5.04. The predicted octanol–water partition coefficient (Wildman–Crippen LogP) is 1.40. The molecule has 0 atom stereocenters. The maximum absolute atomic E-state index is 5.91. The molecule has 94 valence electrons. The van der Waals surface area contributed by atoms with Crippen molar-refractivity contribution in [3.8, 4) is 17.4 Å². The van der Waals surface area contributed by atoms with Crippen LogP contribution in [0.4, 0.5) is 5.82 Å². The van der Waals surface area contributed by atoms with Crippen molar-refractivity contribution in [2.75, 3.05) is 12.8 Å². The zero-order valence-electron chi connectivity index (χ0n) is 10.6. The van der Waals surface area contributed by atoms with Crippen LogP contribution in [0.5, 0.6) is 5.88 Å². The summed E-state index contributed by atoms with van der Waals surface area (Å²) in [5.41, 5.74) is 8.36. The van der Waals surface area contributed by atoms with Gasteiger partial charge < -0.3 is 10.5 Å². The predicted molar refractivity (Wildman–Crippen MR) is 68.1 cm³/mol. The number of nitrogens with two attached hydrogens (primary N) is 1. The van der Waals surface area contributed by atoms with Gasteiger partial charge in [-0.15, -0.1) is 0 Å². The van der Waals surface area contributed by atoms with Gasteiger partial charge in [0.25, 0.3) is 0 Å². The highest BCUT2D eigenvalue weighted by molar-refractivity contribution is 5.55. The van der Waals surface area contributed by atoms with Crippen molar-refractivity contribution < 1.29 is 4.74 Å². The molecular formula is C12H15N5O. The van der Waals surface area contributed by atoms with Crippen molar-refractivity contribution in [2.45, 2.75) is 20.3 Å². The van der Waals surface area contributed by atoms with Crippen molar-refractivity contribution in [2.24, 2.45) is 0 Å². The van der Waals surface area contributed by atoms with Crippen molar-refractivity contribution in [3.05, 3.63) is 23.7 Å². The summed E-state index contributed by atoms with van der Waals surface area (Å²) in [6.45, 7) is 3.94. The summed E-state index contributed by atoms with van der Waals surface area (Å²) in [4.78, 5) is 16.8. The fourth-order valence-electron chi connectivity index (χ4n) is 1.74.